The molecule has 0 saturated heterocycles. The van der Waals surface area contributed by atoms with Gasteiger partial charge in [-0.3, -0.25) is 4.57 Å². The molecule has 0 N–H and O–H groups in total. The van der Waals surface area contributed by atoms with E-state index in [0.29, 0.717) is 0 Å². The number of aromatic nitrogens is 3. The molecular weight excluding hydrogens is 599 g/mol. The SMILES string of the molecule is CC(C)(C)c1ccnc(-n2c3ccccc3c3ccc(-n4c5cc(-c6ccccc6)ccc5oc5ccccc5c5ccccc54)cc32)c1. The van der Waals surface area contributed by atoms with Crippen LogP contribution in [-0.2, 0) is 5.41 Å². The third kappa shape index (κ3) is 4.87. The van der Waals surface area contributed by atoms with E-state index in [0.717, 1.165) is 66.6 Å². The first-order valence-electron chi connectivity index (χ1n) is 16.8. The molecule has 49 heavy (non-hydrogen) atoms. The molecule has 0 unspecified atom stereocenters. The number of benzene rings is 6. The number of para-hydroxylation sites is 3. The van der Waals surface area contributed by atoms with E-state index in [1.54, 1.807) is 0 Å². The second-order valence-electron chi connectivity index (χ2n) is 13.7. The van der Waals surface area contributed by atoms with Crippen molar-refractivity contribution in [3.05, 3.63) is 163 Å². The van der Waals surface area contributed by atoms with Gasteiger partial charge in [0, 0.05) is 33.4 Å². The number of hydrogen-bond acceptors (Lipinski definition) is 2. The summed E-state index contributed by atoms with van der Waals surface area (Å²) in [4.78, 5) is 4.94. The van der Waals surface area contributed by atoms with Gasteiger partial charge in [0.15, 0.2) is 5.58 Å². The average Bonchev–Trinajstić information content (AvgIpc) is 3.46. The molecule has 0 aliphatic rings. The van der Waals surface area contributed by atoms with Gasteiger partial charge in [0.05, 0.1) is 22.1 Å². The van der Waals surface area contributed by atoms with Gasteiger partial charge in [0.25, 0.3) is 0 Å². The van der Waals surface area contributed by atoms with Crippen LogP contribution < -0.4 is 0 Å². The van der Waals surface area contributed by atoms with Crippen LogP contribution in [0, 0.1) is 0 Å². The fraction of sp³-hybridized carbons (Fsp3) is 0.0889. The fourth-order valence-corrected chi connectivity index (χ4v) is 7.14. The third-order valence-electron chi connectivity index (χ3n) is 9.61. The van der Waals surface area contributed by atoms with Crippen molar-refractivity contribution in [1.29, 1.82) is 0 Å². The molecule has 0 fully saturated rings. The lowest BCUT2D eigenvalue weighted by Crippen LogP contribution is -2.12. The Bertz CT molecular complexity index is 2760. The van der Waals surface area contributed by atoms with Crippen molar-refractivity contribution in [2.75, 3.05) is 0 Å². The molecule has 236 valence electrons. The predicted octanol–water partition coefficient (Wildman–Crippen LogP) is 12.1. The first kappa shape index (κ1) is 29.0. The van der Waals surface area contributed by atoms with Gasteiger partial charge in [-0.25, -0.2) is 4.98 Å². The first-order chi connectivity index (χ1) is 23.9. The van der Waals surface area contributed by atoms with Crippen molar-refractivity contribution in [1.82, 2.24) is 14.1 Å². The van der Waals surface area contributed by atoms with E-state index < -0.39 is 0 Å². The molecule has 9 aromatic rings. The highest BCUT2D eigenvalue weighted by atomic mass is 16.3. The largest absolute Gasteiger partial charge is 0.455 e. The van der Waals surface area contributed by atoms with Crippen molar-refractivity contribution in [2.45, 2.75) is 26.2 Å². The molecule has 0 radical (unpaired) electrons. The van der Waals surface area contributed by atoms with Gasteiger partial charge in [-0.05, 0) is 76.7 Å². The van der Waals surface area contributed by atoms with Crippen molar-refractivity contribution in [3.63, 3.8) is 0 Å². The molecule has 6 aromatic carbocycles. The highest BCUT2D eigenvalue weighted by Gasteiger charge is 2.19. The predicted molar refractivity (Wildman–Crippen MR) is 204 cm³/mol. The van der Waals surface area contributed by atoms with Gasteiger partial charge in [0.1, 0.15) is 11.4 Å². The number of nitrogens with zero attached hydrogens (tertiary/aromatic N) is 3. The standard InChI is InChI=1S/C45H35N3O/c1-45(2,3)32-25-26-46-44(28-32)48-39-19-11-7-15-34(39)36-23-22-33(29-40(36)48)47-38-18-10-8-16-35(38)37-17-9-12-20-42(37)49-43-24-21-31(27-41(43)47)30-13-5-4-6-14-30/h4-29H,1-3H3. The summed E-state index contributed by atoms with van der Waals surface area (Å²) in [6, 6.07) is 53.8. The van der Waals surface area contributed by atoms with E-state index in [2.05, 4.69) is 175 Å². The molecule has 0 saturated carbocycles. The van der Waals surface area contributed by atoms with Crippen LogP contribution in [-0.4, -0.2) is 14.1 Å². The van der Waals surface area contributed by atoms with Gasteiger partial charge in [0.2, 0.25) is 0 Å². The molecule has 3 aromatic heterocycles. The normalized spacial score (nSPS) is 12.0. The zero-order chi connectivity index (χ0) is 33.1. The Balaban J connectivity index is 1.43. The summed E-state index contributed by atoms with van der Waals surface area (Å²) >= 11 is 0. The molecule has 0 bridgehead atoms. The topological polar surface area (TPSA) is 35.9 Å². The molecule has 0 spiro atoms. The summed E-state index contributed by atoms with van der Waals surface area (Å²) in [6.45, 7) is 6.74. The summed E-state index contributed by atoms with van der Waals surface area (Å²) in [5, 5.41) is 4.54. The van der Waals surface area contributed by atoms with Crippen LogP contribution in [0.2, 0.25) is 0 Å². The number of fused-ring (bicyclic) bond motifs is 7. The maximum atomic E-state index is 6.80. The Hall–Kier alpha value is -6.13. The molecule has 0 amide bonds. The molecule has 0 aliphatic carbocycles. The Labute approximate surface area is 284 Å². The summed E-state index contributed by atoms with van der Waals surface area (Å²) in [6.07, 6.45) is 1.94. The summed E-state index contributed by atoms with van der Waals surface area (Å²) in [5.74, 6) is 0.910. The van der Waals surface area contributed by atoms with Crippen LogP contribution in [0.1, 0.15) is 26.3 Å². The fourth-order valence-electron chi connectivity index (χ4n) is 7.14. The second-order valence-corrected chi connectivity index (χ2v) is 13.7. The van der Waals surface area contributed by atoms with Crippen LogP contribution in [0.3, 0.4) is 0 Å². The van der Waals surface area contributed by atoms with Gasteiger partial charge in [-0.1, -0.05) is 118 Å². The summed E-state index contributed by atoms with van der Waals surface area (Å²) < 4.78 is 11.5. The zero-order valence-corrected chi connectivity index (χ0v) is 27.8. The smallest absolute Gasteiger partial charge is 0.151 e. The minimum absolute atomic E-state index is 0.00760. The quantitative estimate of drug-likeness (QED) is 0.194. The van der Waals surface area contributed by atoms with Crippen LogP contribution in [0.5, 0.6) is 0 Å². The van der Waals surface area contributed by atoms with Gasteiger partial charge in [-0.15, -0.1) is 0 Å². The zero-order valence-electron chi connectivity index (χ0n) is 27.8. The van der Waals surface area contributed by atoms with E-state index in [1.807, 2.05) is 12.3 Å². The molecule has 0 atom stereocenters. The van der Waals surface area contributed by atoms with Crippen LogP contribution in [0.4, 0.5) is 0 Å². The van der Waals surface area contributed by atoms with Crippen LogP contribution in [0.25, 0.3) is 77.4 Å². The first-order valence-corrected chi connectivity index (χ1v) is 16.8. The van der Waals surface area contributed by atoms with Crippen LogP contribution >= 0.6 is 0 Å². The van der Waals surface area contributed by atoms with E-state index in [9.17, 15) is 0 Å². The number of rotatable bonds is 3. The molecule has 4 heteroatoms. The monoisotopic (exact) mass is 633 g/mol. The minimum Gasteiger partial charge on any atom is -0.455 e. The summed E-state index contributed by atoms with van der Waals surface area (Å²) in [5.41, 5.74) is 10.5. The molecule has 4 nitrogen and oxygen atoms in total. The Kier molecular flexibility index (Phi) is 6.66. The maximum absolute atomic E-state index is 6.80. The van der Waals surface area contributed by atoms with E-state index in [1.165, 1.54) is 16.3 Å². The van der Waals surface area contributed by atoms with E-state index in [4.69, 9.17) is 9.40 Å². The molecular formula is C45H35N3O. The van der Waals surface area contributed by atoms with Crippen molar-refractivity contribution < 1.29 is 4.42 Å². The van der Waals surface area contributed by atoms with Crippen molar-refractivity contribution in [3.8, 4) is 22.6 Å². The Morgan fingerprint density at radius 3 is 1.90 bits per heavy atom. The summed E-state index contributed by atoms with van der Waals surface area (Å²) in [7, 11) is 0. The third-order valence-corrected chi connectivity index (χ3v) is 9.61. The number of pyridine rings is 1. The van der Waals surface area contributed by atoms with Gasteiger partial charge >= 0.3 is 0 Å². The Morgan fingerprint density at radius 1 is 0.469 bits per heavy atom. The van der Waals surface area contributed by atoms with E-state index in [-0.39, 0.29) is 5.41 Å². The van der Waals surface area contributed by atoms with Gasteiger partial charge in [-0.2, -0.15) is 0 Å². The highest BCUT2D eigenvalue weighted by Crippen LogP contribution is 2.37. The Morgan fingerprint density at radius 2 is 1.12 bits per heavy atom. The van der Waals surface area contributed by atoms with Crippen molar-refractivity contribution >= 4 is 54.8 Å². The lowest BCUT2D eigenvalue weighted by atomic mass is 9.88. The van der Waals surface area contributed by atoms with Crippen LogP contribution in [0.15, 0.2) is 162 Å². The van der Waals surface area contributed by atoms with Crippen molar-refractivity contribution in [2.24, 2.45) is 0 Å². The lowest BCUT2D eigenvalue weighted by Gasteiger charge is -2.20. The lowest BCUT2D eigenvalue weighted by molar-refractivity contribution is 0.588. The molecule has 3 heterocycles. The molecule has 9 rings (SSSR count). The second kappa shape index (κ2) is 11.2. The molecule has 0 aliphatic heterocycles. The maximum Gasteiger partial charge on any atom is 0.151 e. The average molecular weight is 634 g/mol. The van der Waals surface area contributed by atoms with E-state index >= 15 is 0 Å². The number of hydrogen-bond donors (Lipinski definition) is 0. The minimum atomic E-state index is -0.00760. The van der Waals surface area contributed by atoms with Gasteiger partial charge < -0.3 is 8.98 Å². The highest BCUT2D eigenvalue weighted by molar-refractivity contribution is 6.10.